The first-order valence-corrected chi connectivity index (χ1v) is 6.62. The lowest BCUT2D eigenvalue weighted by molar-refractivity contribution is -0.385. The molecule has 1 rings (SSSR count). The highest BCUT2D eigenvalue weighted by Crippen LogP contribution is 2.21. The van der Waals surface area contributed by atoms with Gasteiger partial charge in [-0.25, -0.2) is 9.86 Å². The van der Waals surface area contributed by atoms with E-state index in [1.807, 2.05) is 0 Å². The molecule has 1 amide bonds. The van der Waals surface area contributed by atoms with E-state index in [0.717, 1.165) is 6.07 Å². The molecule has 0 unspecified atom stereocenters. The average Bonchev–Trinajstić information content (AvgIpc) is 2.14. The number of nitro groups is 1. The highest BCUT2D eigenvalue weighted by atomic mass is 127. The molecule has 17 heavy (non-hydrogen) atoms. The first-order valence-electron chi connectivity index (χ1n) is 3.99. The van der Waals surface area contributed by atoms with Gasteiger partial charge >= 0.3 is 0 Å². The quantitative estimate of drug-likeness (QED) is 0.443. The maximum absolute atomic E-state index is 11.4. The lowest BCUT2D eigenvalue weighted by Gasteiger charge is -2.02. The lowest BCUT2D eigenvalue weighted by atomic mass is 10.2. The lowest BCUT2D eigenvalue weighted by Crippen LogP contribution is -2.36. The molecule has 0 heterocycles. The average molecular weight is 371 g/mol. The van der Waals surface area contributed by atoms with E-state index in [2.05, 4.69) is 5.14 Å². The van der Waals surface area contributed by atoms with Crippen molar-refractivity contribution in [3.63, 3.8) is 0 Å². The standard InChI is InChI=1S/C7H6IN3O5S/c8-5-2-1-4(3-6(5)11(13)14)7(12)10-17(9,15)16/h1-3H,(H,10,12)(H2,9,15,16). The third kappa shape index (κ3) is 3.90. The topological polar surface area (TPSA) is 132 Å². The van der Waals surface area contributed by atoms with Crippen molar-refractivity contribution in [2.75, 3.05) is 0 Å². The number of nitrogens with two attached hydrogens (primary N) is 1. The summed E-state index contributed by atoms with van der Waals surface area (Å²) in [5.74, 6) is -1.02. The van der Waals surface area contributed by atoms with Crippen LogP contribution in [0.5, 0.6) is 0 Å². The Morgan fingerprint density at radius 1 is 1.47 bits per heavy atom. The molecule has 8 nitrogen and oxygen atoms in total. The fourth-order valence-electron chi connectivity index (χ4n) is 0.982. The number of benzene rings is 1. The molecule has 92 valence electrons. The summed E-state index contributed by atoms with van der Waals surface area (Å²) in [6.07, 6.45) is 0. The second-order valence-electron chi connectivity index (χ2n) is 2.90. The van der Waals surface area contributed by atoms with Gasteiger partial charge < -0.3 is 0 Å². The molecule has 0 radical (unpaired) electrons. The Morgan fingerprint density at radius 3 is 2.53 bits per heavy atom. The van der Waals surface area contributed by atoms with Gasteiger partial charge in [0.1, 0.15) is 0 Å². The van der Waals surface area contributed by atoms with E-state index in [1.165, 1.54) is 16.9 Å². The fraction of sp³-hybridized carbons (Fsp3) is 0. The largest absolute Gasteiger partial charge is 0.298 e. The van der Waals surface area contributed by atoms with Crippen LogP contribution in [0.15, 0.2) is 18.2 Å². The van der Waals surface area contributed by atoms with E-state index in [-0.39, 0.29) is 11.3 Å². The molecule has 0 bridgehead atoms. The smallest absolute Gasteiger partial charge is 0.268 e. The van der Waals surface area contributed by atoms with Crippen LogP contribution in [0.25, 0.3) is 0 Å². The Kier molecular flexibility index (Phi) is 4.00. The molecule has 0 aromatic heterocycles. The Balaban J connectivity index is 3.13. The second kappa shape index (κ2) is 4.93. The number of carbonyl (C=O) groups excluding carboxylic acids is 1. The number of hydrogen-bond donors (Lipinski definition) is 2. The van der Waals surface area contributed by atoms with Crippen LogP contribution in [-0.2, 0) is 10.2 Å². The molecule has 0 fully saturated rings. The highest BCUT2D eigenvalue weighted by molar-refractivity contribution is 14.1. The van der Waals surface area contributed by atoms with Gasteiger partial charge in [0.25, 0.3) is 21.8 Å². The van der Waals surface area contributed by atoms with Gasteiger partial charge in [0.15, 0.2) is 0 Å². The van der Waals surface area contributed by atoms with Gasteiger partial charge in [-0.1, -0.05) is 0 Å². The summed E-state index contributed by atoms with van der Waals surface area (Å²) in [7, 11) is -4.19. The minimum atomic E-state index is -4.19. The monoisotopic (exact) mass is 371 g/mol. The number of halogens is 1. The molecule has 3 N–H and O–H groups in total. The number of amides is 1. The SMILES string of the molecule is NS(=O)(=O)NC(=O)c1ccc(I)c([N+](=O)[O-])c1. The van der Waals surface area contributed by atoms with Gasteiger partial charge in [0.2, 0.25) is 0 Å². The van der Waals surface area contributed by atoms with Gasteiger partial charge in [0.05, 0.1) is 8.49 Å². The Hall–Kier alpha value is -1.27. The van der Waals surface area contributed by atoms with Gasteiger partial charge in [-0.15, -0.1) is 0 Å². The van der Waals surface area contributed by atoms with Crippen LogP contribution < -0.4 is 9.86 Å². The van der Waals surface area contributed by atoms with Gasteiger partial charge in [-0.05, 0) is 34.7 Å². The summed E-state index contributed by atoms with van der Waals surface area (Å²) >= 11 is 1.73. The predicted molar refractivity (Wildman–Crippen MR) is 66.4 cm³/mol. The molecule has 1 aromatic carbocycles. The van der Waals surface area contributed by atoms with Crippen molar-refractivity contribution in [1.82, 2.24) is 4.72 Å². The normalized spacial score (nSPS) is 10.9. The van der Waals surface area contributed by atoms with Crippen molar-refractivity contribution in [2.45, 2.75) is 0 Å². The molecule has 0 spiro atoms. The summed E-state index contributed by atoms with van der Waals surface area (Å²) in [4.78, 5) is 21.3. The van der Waals surface area contributed by atoms with Gasteiger partial charge in [0, 0.05) is 11.6 Å². The Labute approximate surface area is 110 Å². The van der Waals surface area contributed by atoms with Crippen molar-refractivity contribution in [3.8, 4) is 0 Å². The number of nitrogens with one attached hydrogen (secondary N) is 1. The molecular formula is C7H6IN3O5S. The summed E-state index contributed by atoms with van der Waals surface area (Å²) < 4.78 is 23.1. The molecule has 0 saturated carbocycles. The number of nitrogens with zero attached hydrogens (tertiary/aromatic N) is 1. The minimum Gasteiger partial charge on any atom is -0.268 e. The highest BCUT2D eigenvalue weighted by Gasteiger charge is 2.17. The molecule has 10 heteroatoms. The first-order chi connectivity index (χ1) is 7.70. The number of rotatable bonds is 3. The van der Waals surface area contributed by atoms with Crippen LogP contribution in [0.4, 0.5) is 5.69 Å². The molecule has 1 aromatic rings. The minimum absolute atomic E-state index is 0.161. The van der Waals surface area contributed by atoms with Crippen LogP contribution in [0, 0.1) is 13.7 Å². The summed E-state index contributed by atoms with van der Waals surface area (Å²) in [5.41, 5.74) is -0.446. The molecule has 0 aliphatic carbocycles. The van der Waals surface area contributed by atoms with Crippen molar-refractivity contribution >= 4 is 44.4 Å². The zero-order valence-corrected chi connectivity index (χ0v) is 11.1. The van der Waals surface area contributed by atoms with Crippen LogP contribution in [0.3, 0.4) is 0 Å². The summed E-state index contributed by atoms with van der Waals surface area (Å²) in [5, 5.41) is 15.2. The molecule has 0 atom stereocenters. The zero-order chi connectivity index (χ0) is 13.2. The van der Waals surface area contributed by atoms with Crippen LogP contribution in [-0.4, -0.2) is 19.2 Å². The number of nitro benzene ring substituents is 1. The van der Waals surface area contributed by atoms with E-state index in [0.29, 0.717) is 3.57 Å². The molecular weight excluding hydrogens is 365 g/mol. The second-order valence-corrected chi connectivity index (χ2v) is 5.36. The third-order valence-electron chi connectivity index (χ3n) is 1.64. The number of carbonyl (C=O) groups is 1. The van der Waals surface area contributed by atoms with Crippen LogP contribution in [0.1, 0.15) is 10.4 Å². The zero-order valence-electron chi connectivity index (χ0n) is 8.08. The van der Waals surface area contributed by atoms with E-state index >= 15 is 0 Å². The Morgan fingerprint density at radius 2 is 2.06 bits per heavy atom. The van der Waals surface area contributed by atoms with E-state index in [4.69, 9.17) is 0 Å². The van der Waals surface area contributed by atoms with Crippen molar-refractivity contribution < 1.29 is 18.1 Å². The fourth-order valence-corrected chi connectivity index (χ4v) is 1.89. The van der Waals surface area contributed by atoms with Crippen molar-refractivity contribution in [2.24, 2.45) is 5.14 Å². The van der Waals surface area contributed by atoms with E-state index in [9.17, 15) is 23.3 Å². The predicted octanol–water partition coefficient (Wildman–Crippen LogP) is 0.133. The molecule has 0 aliphatic rings. The van der Waals surface area contributed by atoms with Crippen molar-refractivity contribution in [1.29, 1.82) is 0 Å². The van der Waals surface area contributed by atoms with Gasteiger partial charge in [-0.2, -0.15) is 8.42 Å². The number of hydrogen-bond acceptors (Lipinski definition) is 5. The first kappa shape index (κ1) is 13.8. The van der Waals surface area contributed by atoms with Crippen molar-refractivity contribution in [3.05, 3.63) is 37.4 Å². The van der Waals surface area contributed by atoms with E-state index < -0.39 is 21.0 Å². The van der Waals surface area contributed by atoms with E-state index in [1.54, 1.807) is 22.6 Å². The van der Waals surface area contributed by atoms with Gasteiger partial charge in [-0.3, -0.25) is 14.9 Å². The maximum Gasteiger partial charge on any atom is 0.298 e. The Bertz CT molecular complexity index is 585. The molecule has 0 saturated heterocycles. The summed E-state index contributed by atoms with van der Waals surface area (Å²) in [6, 6.07) is 3.56. The third-order valence-corrected chi connectivity index (χ3v) is 3.02. The maximum atomic E-state index is 11.4. The van der Waals surface area contributed by atoms with Crippen LogP contribution >= 0.6 is 22.6 Å². The summed E-state index contributed by atoms with van der Waals surface area (Å²) in [6.45, 7) is 0. The van der Waals surface area contributed by atoms with Crippen LogP contribution in [0.2, 0.25) is 0 Å². The molecule has 0 aliphatic heterocycles.